The van der Waals surface area contributed by atoms with Gasteiger partial charge in [-0.25, -0.2) is 19.3 Å². The number of esters is 1. The van der Waals surface area contributed by atoms with Crippen LogP contribution in [0.4, 0.5) is 5.13 Å². The lowest BCUT2D eigenvalue weighted by atomic mass is 10.0. The molecule has 2 aliphatic heterocycles. The molecule has 4 rings (SSSR count). The molecule has 0 spiro atoms. The lowest BCUT2D eigenvalue weighted by molar-refractivity contribution is -0.150. The Morgan fingerprint density at radius 3 is 2.73 bits per heavy atom. The lowest BCUT2D eigenvalue weighted by Gasteiger charge is -2.49. The van der Waals surface area contributed by atoms with E-state index in [4.69, 9.17) is 15.3 Å². The molecule has 2 aromatic heterocycles. The molecule has 2 atom stereocenters. The van der Waals surface area contributed by atoms with Crippen molar-refractivity contribution in [2.24, 2.45) is 5.16 Å². The number of oxime groups is 1. The van der Waals surface area contributed by atoms with Crippen molar-refractivity contribution < 1.29 is 33.9 Å². The van der Waals surface area contributed by atoms with Crippen LogP contribution in [-0.4, -0.2) is 96.4 Å². The molecular weight excluding hydrogens is 584 g/mol. The number of nitrogens with zero attached hydrogens (tertiary/aromatic N) is 6. The zero-order valence-electron chi connectivity index (χ0n) is 21.6. The third kappa shape index (κ3) is 5.92. The van der Waals surface area contributed by atoms with Gasteiger partial charge in [-0.1, -0.05) is 30.3 Å². The number of anilines is 1. The smallest absolute Gasteiger partial charge is 0.377 e. The van der Waals surface area contributed by atoms with E-state index in [1.165, 1.54) is 48.0 Å². The fourth-order valence-electron chi connectivity index (χ4n) is 3.91. The number of nitrogens with one attached hydrogen (secondary N) is 1. The number of hydrogen-bond donors (Lipinski definition) is 3. The molecular formula is C22H26N8O7S3. The van der Waals surface area contributed by atoms with Gasteiger partial charge in [-0.3, -0.25) is 14.5 Å². The number of hydrogen-bond acceptors (Lipinski definition) is 14. The number of aryl methyl sites for hydroxylation is 1. The van der Waals surface area contributed by atoms with Crippen molar-refractivity contribution in [2.45, 2.75) is 42.9 Å². The number of carbonyl (C=O) groups is 4. The quantitative estimate of drug-likeness (QED) is 0.100. The number of β-lactam (4-membered cyclic amide) rings is 1. The van der Waals surface area contributed by atoms with Gasteiger partial charge in [0.1, 0.15) is 29.9 Å². The predicted molar refractivity (Wildman–Crippen MR) is 147 cm³/mol. The second-order valence-electron chi connectivity index (χ2n) is 8.39. The number of carboxylic acids is 1. The predicted octanol–water partition coefficient (Wildman–Crippen LogP) is 0.785. The SMILES string of the molecule is CCCCn1nc(C(=O)OC)nc1SCC1=C(C(=O)O)N2C(=O)[C@@H](NC(=O)/C(=N\OC)c3csc(N)n3)[C@H]2SC1. The van der Waals surface area contributed by atoms with Crippen molar-refractivity contribution >= 4 is 69.5 Å². The van der Waals surface area contributed by atoms with Crippen molar-refractivity contribution in [1.82, 2.24) is 30.0 Å². The summed E-state index contributed by atoms with van der Waals surface area (Å²) in [5.74, 6) is -2.80. The van der Waals surface area contributed by atoms with Crippen LogP contribution in [-0.2, 0) is 30.5 Å². The Balaban J connectivity index is 1.50. The van der Waals surface area contributed by atoms with Crippen LogP contribution in [0, 0.1) is 0 Å². The van der Waals surface area contributed by atoms with Crippen molar-refractivity contribution in [3.63, 3.8) is 0 Å². The van der Waals surface area contributed by atoms with Crippen molar-refractivity contribution in [3.8, 4) is 0 Å². The van der Waals surface area contributed by atoms with E-state index >= 15 is 0 Å². The van der Waals surface area contributed by atoms with Crippen LogP contribution in [0.1, 0.15) is 36.1 Å². The van der Waals surface area contributed by atoms with Crippen LogP contribution in [0.15, 0.2) is 27.0 Å². The second kappa shape index (κ2) is 12.7. The first-order valence-corrected chi connectivity index (χ1v) is 14.8. The van der Waals surface area contributed by atoms with Crippen molar-refractivity contribution in [1.29, 1.82) is 0 Å². The molecule has 0 unspecified atom stereocenters. The Kier molecular flexibility index (Phi) is 9.31. The van der Waals surface area contributed by atoms with Crippen molar-refractivity contribution in [3.05, 3.63) is 28.2 Å². The minimum atomic E-state index is -1.26. The summed E-state index contributed by atoms with van der Waals surface area (Å²) in [6.07, 6.45) is 1.70. The van der Waals surface area contributed by atoms with E-state index in [1.807, 2.05) is 6.92 Å². The summed E-state index contributed by atoms with van der Waals surface area (Å²) in [5, 5.41) is 22.1. The highest BCUT2D eigenvalue weighted by atomic mass is 32.2. The number of aromatic nitrogens is 4. The summed E-state index contributed by atoms with van der Waals surface area (Å²) < 4.78 is 6.31. The zero-order chi connectivity index (χ0) is 29.0. The van der Waals surface area contributed by atoms with Gasteiger partial charge in [0.2, 0.25) is 0 Å². The highest BCUT2D eigenvalue weighted by Crippen LogP contribution is 2.41. The molecule has 1 saturated heterocycles. The third-order valence-corrected chi connectivity index (χ3v) is 8.87. The molecule has 0 aliphatic carbocycles. The molecule has 2 aliphatic rings. The van der Waals surface area contributed by atoms with E-state index in [0.29, 0.717) is 23.0 Å². The summed E-state index contributed by atoms with van der Waals surface area (Å²) >= 11 is 3.65. The van der Waals surface area contributed by atoms with E-state index in [9.17, 15) is 24.3 Å². The molecule has 1 fully saturated rings. The summed E-state index contributed by atoms with van der Waals surface area (Å²) in [6, 6.07) is -0.973. The summed E-state index contributed by atoms with van der Waals surface area (Å²) in [6.45, 7) is 2.54. The number of rotatable bonds is 12. The summed E-state index contributed by atoms with van der Waals surface area (Å²) in [4.78, 5) is 64.4. The normalized spacial score (nSPS) is 18.7. The molecule has 2 amide bonds. The maximum Gasteiger partial charge on any atom is 0.377 e. The fourth-order valence-corrected chi connectivity index (χ4v) is 6.91. The highest BCUT2D eigenvalue weighted by molar-refractivity contribution is 8.01. The van der Waals surface area contributed by atoms with Crippen LogP contribution in [0.3, 0.4) is 0 Å². The Hall–Kier alpha value is -3.64. The minimum absolute atomic E-state index is 0.0835. The number of thioether (sulfide) groups is 2. The van der Waals surface area contributed by atoms with Gasteiger partial charge in [0.05, 0.1) is 7.11 Å². The average molecular weight is 611 g/mol. The second-order valence-corrected chi connectivity index (χ2v) is 11.3. The average Bonchev–Trinajstić information content (AvgIpc) is 3.56. The van der Waals surface area contributed by atoms with E-state index < -0.39 is 35.2 Å². The van der Waals surface area contributed by atoms with Gasteiger partial charge in [0.15, 0.2) is 16.0 Å². The van der Waals surface area contributed by atoms with Gasteiger partial charge >= 0.3 is 11.9 Å². The number of fused-ring (bicyclic) bond motifs is 1. The number of amides is 2. The first kappa shape index (κ1) is 29.3. The molecule has 15 nitrogen and oxygen atoms in total. The Morgan fingerprint density at radius 2 is 2.10 bits per heavy atom. The van der Waals surface area contributed by atoms with Gasteiger partial charge < -0.3 is 25.7 Å². The highest BCUT2D eigenvalue weighted by Gasteiger charge is 2.54. The number of carboxylic acid groups (broad SMARTS) is 1. The Labute approximate surface area is 240 Å². The largest absolute Gasteiger partial charge is 0.477 e. The molecule has 0 saturated carbocycles. The number of thiazole rings is 1. The van der Waals surface area contributed by atoms with Gasteiger partial charge in [0, 0.05) is 23.4 Å². The first-order chi connectivity index (χ1) is 19.2. The number of carbonyl (C=O) groups excluding carboxylic acids is 3. The molecule has 0 aromatic carbocycles. The minimum Gasteiger partial charge on any atom is -0.477 e. The summed E-state index contributed by atoms with van der Waals surface area (Å²) in [5.41, 5.74) is 6.04. The molecule has 4 heterocycles. The van der Waals surface area contributed by atoms with Gasteiger partial charge in [-0.05, 0) is 12.0 Å². The Bertz CT molecular complexity index is 1390. The molecule has 18 heteroatoms. The standard InChI is InChI=1S/C22H26N8O7S3/c1-4-5-6-29-22(26-15(27-29)20(35)36-2)40-8-10-7-38-18-13(17(32)30(18)14(10)19(33)34)25-16(31)12(28-37-3)11-9-39-21(23)24-11/h9,13,18H,4-8H2,1-3H3,(H2,23,24)(H,25,31)(H,33,34)/b28-12-/t13-,18-/m1/s1. The molecule has 0 radical (unpaired) electrons. The fraction of sp³-hybridized carbons (Fsp3) is 0.455. The molecule has 4 N–H and O–H groups in total. The third-order valence-electron chi connectivity index (χ3n) is 5.80. The number of ether oxygens (including phenoxy) is 1. The van der Waals surface area contributed by atoms with Crippen LogP contribution in [0.25, 0.3) is 0 Å². The number of methoxy groups -OCH3 is 1. The summed E-state index contributed by atoms with van der Waals surface area (Å²) in [7, 11) is 2.50. The van der Waals surface area contributed by atoms with E-state index in [1.54, 1.807) is 4.68 Å². The lowest BCUT2D eigenvalue weighted by Crippen LogP contribution is -2.71. The molecule has 2 aromatic rings. The topological polar surface area (TPSA) is 204 Å². The van der Waals surface area contributed by atoms with Gasteiger partial charge in [-0.15, -0.1) is 28.2 Å². The van der Waals surface area contributed by atoms with Crippen LogP contribution >= 0.6 is 34.9 Å². The Morgan fingerprint density at radius 1 is 1.32 bits per heavy atom. The van der Waals surface area contributed by atoms with Gasteiger partial charge in [0.25, 0.3) is 17.6 Å². The maximum absolute atomic E-state index is 13.1. The first-order valence-electron chi connectivity index (χ1n) is 11.9. The van der Waals surface area contributed by atoms with Crippen LogP contribution < -0.4 is 11.1 Å². The molecule has 214 valence electrons. The number of nitrogen functional groups attached to an aromatic ring is 1. The van der Waals surface area contributed by atoms with Crippen molar-refractivity contribution in [2.75, 3.05) is 31.5 Å². The number of unbranched alkanes of at least 4 members (excludes halogenated alkanes) is 1. The van der Waals surface area contributed by atoms with Gasteiger partial charge in [-0.2, -0.15) is 4.98 Å². The van der Waals surface area contributed by atoms with E-state index in [0.717, 1.165) is 24.2 Å². The number of nitrogens with two attached hydrogens (primary N) is 1. The van der Waals surface area contributed by atoms with E-state index in [-0.39, 0.29) is 33.8 Å². The zero-order valence-corrected chi connectivity index (χ0v) is 24.1. The number of aliphatic carboxylic acids is 1. The van der Waals surface area contributed by atoms with E-state index in [2.05, 4.69) is 25.5 Å². The maximum atomic E-state index is 13.1. The molecule has 0 bridgehead atoms. The molecule has 40 heavy (non-hydrogen) atoms. The van der Waals surface area contributed by atoms with Crippen LogP contribution in [0.5, 0.6) is 0 Å². The monoisotopic (exact) mass is 610 g/mol. The van der Waals surface area contributed by atoms with Crippen LogP contribution in [0.2, 0.25) is 0 Å².